The number of hydrogen-bond acceptors (Lipinski definition) is 10. The van der Waals surface area contributed by atoms with E-state index in [-0.39, 0.29) is 5.75 Å². The Morgan fingerprint density at radius 3 is 2.38 bits per heavy atom. The minimum absolute atomic E-state index is 0.0539. The van der Waals surface area contributed by atoms with Crippen LogP contribution in [-0.4, -0.2) is 63.1 Å². The number of rotatable bonds is 14. The van der Waals surface area contributed by atoms with Crippen molar-refractivity contribution in [2.75, 3.05) is 13.2 Å². The van der Waals surface area contributed by atoms with Crippen molar-refractivity contribution in [2.24, 2.45) is 0 Å². The van der Waals surface area contributed by atoms with E-state index in [2.05, 4.69) is 5.09 Å². The average Bonchev–Trinajstić information content (AvgIpc) is 2.81. The first-order valence-corrected chi connectivity index (χ1v) is 12.8. The zero-order valence-electron chi connectivity index (χ0n) is 20.7. The van der Waals surface area contributed by atoms with Gasteiger partial charge >= 0.3 is 19.4 Å². The van der Waals surface area contributed by atoms with Gasteiger partial charge in [0, 0.05) is 12.3 Å². The summed E-state index contributed by atoms with van der Waals surface area (Å²) in [5.41, 5.74) is -1.75. The number of halogens is 1. The number of esters is 1. The molecule has 0 fully saturated rings. The molecule has 37 heavy (non-hydrogen) atoms. The van der Waals surface area contributed by atoms with Crippen molar-refractivity contribution < 1.29 is 42.5 Å². The normalized spacial score (nSPS) is 17.3. The molecule has 1 heterocycles. The lowest BCUT2D eigenvalue weighted by molar-refractivity contribution is -0.264. The van der Waals surface area contributed by atoms with Gasteiger partial charge in [0.05, 0.1) is 12.7 Å². The fourth-order valence-corrected chi connectivity index (χ4v) is 4.33. The molecule has 15 heteroatoms. The summed E-state index contributed by atoms with van der Waals surface area (Å²) in [6.07, 6.45) is -3.16. The topological polar surface area (TPSA) is 178 Å². The smallest absolute Gasteiger partial charge is 0.459 e. The van der Waals surface area contributed by atoms with Gasteiger partial charge in [0.15, 0.2) is 6.23 Å². The molecule has 5 atom stereocenters. The Bertz CT molecular complexity index is 1190. The highest BCUT2D eigenvalue weighted by Gasteiger charge is 2.44. The number of carbonyl (C=O) groups is 1. The number of aliphatic hydroxyl groups excluding tert-OH is 2. The molecule has 206 valence electrons. The third kappa shape index (κ3) is 8.88. The second-order valence-electron chi connectivity index (χ2n) is 8.25. The molecule has 0 aliphatic carbocycles. The van der Waals surface area contributed by atoms with Crippen molar-refractivity contribution in [3.63, 3.8) is 0 Å². The fourth-order valence-electron chi connectivity index (χ4n) is 2.82. The highest BCUT2D eigenvalue weighted by molar-refractivity contribution is 7.52. The quantitative estimate of drug-likeness (QED) is 0.197. The molecule has 0 spiro atoms. The third-order valence-electron chi connectivity index (χ3n) is 4.73. The van der Waals surface area contributed by atoms with Crippen LogP contribution in [0.1, 0.15) is 33.9 Å². The van der Waals surface area contributed by atoms with Gasteiger partial charge in [-0.1, -0.05) is 18.2 Å². The van der Waals surface area contributed by atoms with Gasteiger partial charge in [-0.05, 0) is 39.8 Å². The number of aromatic nitrogens is 2. The molecule has 0 saturated carbocycles. The van der Waals surface area contributed by atoms with E-state index >= 15 is 4.39 Å². The predicted molar refractivity (Wildman–Crippen MR) is 129 cm³/mol. The van der Waals surface area contributed by atoms with E-state index in [4.69, 9.17) is 18.5 Å². The number of nitrogens with one attached hydrogen (secondary N) is 2. The van der Waals surface area contributed by atoms with Crippen LogP contribution in [0.4, 0.5) is 4.39 Å². The number of H-pyrrole nitrogens is 1. The number of carbonyl (C=O) groups excluding carboxylic acids is 1. The number of para-hydroxylation sites is 1. The Morgan fingerprint density at radius 1 is 1.19 bits per heavy atom. The standard InChI is InChI=1S/C22H31FN3O10P/c1-14(2)34-20(30)15(3)25-37(32,36-17-8-6-5-7-9-17)33-13-22(23,16(4)28)35-19(12-27)26-11-10-18(29)24-21(26)31/h5-11,14-16,19,27-28H,12-13H2,1-4H3,(H,25,32)(H,24,29,31)/t15?,16-,19?,22+,37?/m0/s1. The van der Waals surface area contributed by atoms with Crippen molar-refractivity contribution in [3.8, 4) is 5.75 Å². The Labute approximate surface area is 211 Å². The lowest BCUT2D eigenvalue weighted by Crippen LogP contribution is -2.48. The number of alkyl halides is 1. The van der Waals surface area contributed by atoms with Gasteiger partial charge in [-0.15, -0.1) is 0 Å². The molecule has 0 bridgehead atoms. The zero-order chi connectivity index (χ0) is 27.8. The van der Waals surface area contributed by atoms with Crippen molar-refractivity contribution in [1.29, 1.82) is 0 Å². The van der Waals surface area contributed by atoms with Gasteiger partial charge in [0.25, 0.3) is 11.4 Å². The second kappa shape index (κ2) is 13.1. The Balaban J connectivity index is 2.31. The number of ether oxygens (including phenoxy) is 2. The maximum Gasteiger partial charge on any atom is 0.459 e. The van der Waals surface area contributed by atoms with Crippen molar-refractivity contribution in [3.05, 3.63) is 63.4 Å². The summed E-state index contributed by atoms with van der Waals surface area (Å²) < 4.78 is 50.9. The van der Waals surface area contributed by atoms with Crippen LogP contribution in [0, 0.1) is 0 Å². The molecular weight excluding hydrogens is 516 g/mol. The van der Waals surface area contributed by atoms with Crippen LogP contribution in [0.5, 0.6) is 5.75 Å². The van der Waals surface area contributed by atoms with Crippen LogP contribution >= 0.6 is 7.75 Å². The van der Waals surface area contributed by atoms with Gasteiger partial charge in [0.2, 0.25) is 0 Å². The molecule has 0 radical (unpaired) electrons. The van der Waals surface area contributed by atoms with E-state index in [0.717, 1.165) is 19.2 Å². The first kappa shape index (κ1) is 30.4. The van der Waals surface area contributed by atoms with Gasteiger partial charge in [-0.3, -0.25) is 23.7 Å². The van der Waals surface area contributed by atoms with Crippen LogP contribution in [0.15, 0.2) is 52.2 Å². The average molecular weight is 547 g/mol. The maximum atomic E-state index is 15.8. The van der Waals surface area contributed by atoms with Crippen LogP contribution < -0.4 is 20.9 Å². The Kier molecular flexibility index (Phi) is 10.7. The lowest BCUT2D eigenvalue weighted by Gasteiger charge is -2.33. The number of benzene rings is 1. The van der Waals surface area contributed by atoms with Gasteiger partial charge < -0.3 is 24.2 Å². The van der Waals surface area contributed by atoms with E-state index < -0.39 is 68.5 Å². The van der Waals surface area contributed by atoms with E-state index in [1.54, 1.807) is 32.0 Å². The Morgan fingerprint density at radius 2 is 1.84 bits per heavy atom. The molecule has 0 aliphatic rings. The molecular formula is C22H31FN3O10P. The first-order chi connectivity index (χ1) is 17.3. The number of nitrogens with zero attached hydrogens (tertiary/aromatic N) is 1. The summed E-state index contributed by atoms with van der Waals surface area (Å²) in [5, 5.41) is 22.1. The second-order valence-corrected chi connectivity index (χ2v) is 9.94. The van der Waals surface area contributed by atoms with E-state index in [1.807, 2.05) is 4.98 Å². The fraction of sp³-hybridized carbons (Fsp3) is 0.500. The molecule has 2 aromatic rings. The summed E-state index contributed by atoms with van der Waals surface area (Å²) >= 11 is 0. The predicted octanol–water partition coefficient (Wildman–Crippen LogP) is 1.22. The van der Waals surface area contributed by atoms with Gasteiger partial charge in [-0.25, -0.2) is 13.8 Å². The van der Waals surface area contributed by atoms with Crippen LogP contribution in [0.3, 0.4) is 0 Å². The van der Waals surface area contributed by atoms with E-state index in [9.17, 15) is 29.2 Å². The molecule has 0 aliphatic heterocycles. The molecule has 4 N–H and O–H groups in total. The molecule has 0 amide bonds. The summed E-state index contributed by atoms with van der Waals surface area (Å²) in [4.78, 5) is 37.5. The van der Waals surface area contributed by atoms with E-state index in [0.29, 0.717) is 4.57 Å². The van der Waals surface area contributed by atoms with Crippen molar-refractivity contribution in [2.45, 2.75) is 58.0 Å². The van der Waals surface area contributed by atoms with Gasteiger partial charge in [-0.2, -0.15) is 5.09 Å². The number of aromatic amines is 1. The van der Waals surface area contributed by atoms with Crippen LogP contribution in [-0.2, 0) is 23.4 Å². The minimum Gasteiger partial charge on any atom is -0.462 e. The van der Waals surface area contributed by atoms with Crippen molar-refractivity contribution in [1.82, 2.24) is 14.6 Å². The van der Waals surface area contributed by atoms with Crippen LogP contribution in [0.2, 0.25) is 0 Å². The van der Waals surface area contributed by atoms with Crippen LogP contribution in [0.25, 0.3) is 0 Å². The number of hydrogen-bond donors (Lipinski definition) is 4. The molecule has 0 saturated heterocycles. The lowest BCUT2D eigenvalue weighted by atomic mass is 10.2. The van der Waals surface area contributed by atoms with Crippen molar-refractivity contribution >= 4 is 13.7 Å². The molecule has 3 unspecified atom stereocenters. The number of aliphatic hydroxyl groups is 2. The SMILES string of the molecule is CC(C)OC(=O)C(C)NP(=O)(OC[C@@](F)(OC(CO)n1ccc(=O)[nH]c1=O)[C@H](C)O)Oc1ccccc1. The highest BCUT2D eigenvalue weighted by atomic mass is 31.2. The third-order valence-corrected chi connectivity index (χ3v) is 6.35. The molecule has 2 rings (SSSR count). The summed E-state index contributed by atoms with van der Waals surface area (Å²) in [6.45, 7) is 3.37. The van der Waals surface area contributed by atoms with Gasteiger partial charge in [0.1, 0.15) is 24.5 Å². The molecule has 1 aromatic carbocycles. The maximum absolute atomic E-state index is 15.8. The molecule has 1 aromatic heterocycles. The summed E-state index contributed by atoms with van der Waals surface area (Å²) in [7, 11) is -4.53. The minimum atomic E-state index is -4.53. The highest BCUT2D eigenvalue weighted by Crippen LogP contribution is 2.46. The largest absolute Gasteiger partial charge is 0.462 e. The monoisotopic (exact) mass is 547 g/mol. The molecule has 13 nitrogen and oxygen atoms in total. The first-order valence-electron chi connectivity index (χ1n) is 11.2. The summed E-state index contributed by atoms with van der Waals surface area (Å²) in [6, 6.07) is 7.40. The summed E-state index contributed by atoms with van der Waals surface area (Å²) in [5.74, 6) is -3.88. The Hall–Kier alpha value is -2.87. The zero-order valence-corrected chi connectivity index (χ0v) is 21.6. The van der Waals surface area contributed by atoms with E-state index in [1.165, 1.54) is 19.1 Å².